The summed E-state index contributed by atoms with van der Waals surface area (Å²) in [5.74, 6) is -0.0448. The third kappa shape index (κ3) is 3.15. The first-order valence-corrected chi connectivity index (χ1v) is 9.08. The number of halogens is 1. The van der Waals surface area contributed by atoms with E-state index in [2.05, 4.69) is 9.97 Å². The molecule has 1 atom stereocenters. The third-order valence-corrected chi connectivity index (χ3v) is 5.41. The number of hydrogen-bond acceptors (Lipinski definition) is 5. The van der Waals surface area contributed by atoms with Gasteiger partial charge in [-0.3, -0.25) is 4.79 Å². The highest BCUT2D eigenvalue weighted by molar-refractivity contribution is 5.87. The number of nitrogens with zero attached hydrogens (tertiary/aromatic N) is 4. The van der Waals surface area contributed by atoms with E-state index in [9.17, 15) is 14.3 Å². The van der Waals surface area contributed by atoms with E-state index in [1.807, 2.05) is 11.9 Å². The molecule has 2 heterocycles. The van der Waals surface area contributed by atoms with Gasteiger partial charge in [-0.25, -0.2) is 14.4 Å². The van der Waals surface area contributed by atoms with Gasteiger partial charge in [0.25, 0.3) is 0 Å². The maximum Gasteiger partial charge on any atom is 0.323 e. The van der Waals surface area contributed by atoms with Crippen LogP contribution in [0, 0.1) is 5.82 Å². The van der Waals surface area contributed by atoms with Gasteiger partial charge in [0, 0.05) is 29.7 Å². The first kappa shape index (κ1) is 18.2. The molecule has 0 fully saturated rings. The summed E-state index contributed by atoms with van der Waals surface area (Å²) < 4.78 is 20.8. The number of aliphatic carboxylic acids is 1. The first-order valence-electron chi connectivity index (χ1n) is 9.08. The standard InChI is InChI=1S/C20H21FN4O3/c1-24(20-22-9-14(28-2)10-23-20)13-4-6-18-16(8-13)15-7-12(21)3-5-17(15)25(18)11-19(26)27/h3,5,7,9-10,13H,4,6,8,11H2,1-2H3,(H,26,27). The van der Waals surface area contributed by atoms with Gasteiger partial charge in [-0.15, -0.1) is 0 Å². The molecule has 1 N–H and O–H groups in total. The largest absolute Gasteiger partial charge is 0.494 e. The summed E-state index contributed by atoms with van der Waals surface area (Å²) in [5.41, 5.74) is 2.74. The van der Waals surface area contributed by atoms with Crippen LogP contribution in [0.15, 0.2) is 30.6 Å². The van der Waals surface area contributed by atoms with Crippen LogP contribution in [0.2, 0.25) is 0 Å². The quantitative estimate of drug-likeness (QED) is 0.729. The van der Waals surface area contributed by atoms with E-state index in [1.165, 1.54) is 12.1 Å². The highest BCUT2D eigenvalue weighted by Crippen LogP contribution is 2.34. The van der Waals surface area contributed by atoms with Crippen molar-refractivity contribution in [1.82, 2.24) is 14.5 Å². The number of carboxylic acids is 1. The zero-order valence-electron chi connectivity index (χ0n) is 15.7. The molecule has 1 aliphatic carbocycles. The summed E-state index contributed by atoms with van der Waals surface area (Å²) in [6, 6.07) is 4.67. The molecule has 0 aliphatic heterocycles. The van der Waals surface area contributed by atoms with E-state index in [4.69, 9.17) is 4.74 Å². The van der Waals surface area contributed by atoms with Crippen molar-refractivity contribution >= 4 is 22.8 Å². The van der Waals surface area contributed by atoms with Crippen LogP contribution in [-0.2, 0) is 24.2 Å². The second-order valence-electron chi connectivity index (χ2n) is 7.00. The van der Waals surface area contributed by atoms with Crippen LogP contribution in [0.25, 0.3) is 10.9 Å². The second kappa shape index (κ2) is 7.10. The van der Waals surface area contributed by atoms with Gasteiger partial charge in [0.15, 0.2) is 5.75 Å². The van der Waals surface area contributed by atoms with Crippen LogP contribution in [0.4, 0.5) is 10.3 Å². The van der Waals surface area contributed by atoms with Crippen LogP contribution in [0.3, 0.4) is 0 Å². The van der Waals surface area contributed by atoms with Gasteiger partial charge in [-0.1, -0.05) is 0 Å². The Morgan fingerprint density at radius 3 is 2.82 bits per heavy atom. The Labute approximate surface area is 161 Å². The number of carbonyl (C=O) groups is 1. The van der Waals surface area contributed by atoms with Crippen molar-refractivity contribution in [3.63, 3.8) is 0 Å². The molecule has 0 saturated carbocycles. The average Bonchev–Trinajstić information content (AvgIpc) is 2.99. The number of methoxy groups -OCH3 is 1. The highest BCUT2D eigenvalue weighted by Gasteiger charge is 2.29. The molecular formula is C20H21FN4O3. The van der Waals surface area contributed by atoms with Gasteiger partial charge in [-0.2, -0.15) is 0 Å². The zero-order chi connectivity index (χ0) is 19.8. The van der Waals surface area contributed by atoms with E-state index in [-0.39, 0.29) is 18.4 Å². The number of benzene rings is 1. The fourth-order valence-electron chi connectivity index (χ4n) is 4.01. The van der Waals surface area contributed by atoms with E-state index >= 15 is 0 Å². The molecule has 4 rings (SSSR count). The van der Waals surface area contributed by atoms with Crippen molar-refractivity contribution in [3.8, 4) is 5.75 Å². The minimum absolute atomic E-state index is 0.125. The Hall–Kier alpha value is -3.16. The smallest absolute Gasteiger partial charge is 0.323 e. The number of carboxylic acid groups (broad SMARTS) is 1. The van der Waals surface area contributed by atoms with Crippen molar-refractivity contribution in [2.24, 2.45) is 0 Å². The molecule has 2 aromatic heterocycles. The van der Waals surface area contributed by atoms with Crippen molar-refractivity contribution in [1.29, 1.82) is 0 Å². The van der Waals surface area contributed by atoms with Gasteiger partial charge < -0.3 is 19.3 Å². The first-order chi connectivity index (χ1) is 13.5. The number of fused-ring (bicyclic) bond motifs is 3. The number of anilines is 1. The molecule has 1 aliphatic rings. The van der Waals surface area contributed by atoms with E-state index in [0.29, 0.717) is 24.5 Å². The van der Waals surface area contributed by atoms with Crippen LogP contribution < -0.4 is 9.64 Å². The summed E-state index contributed by atoms with van der Waals surface area (Å²) >= 11 is 0. The van der Waals surface area contributed by atoms with Gasteiger partial charge in [0.05, 0.1) is 19.5 Å². The maximum atomic E-state index is 13.9. The van der Waals surface area contributed by atoms with Crippen molar-refractivity contribution < 1.29 is 19.0 Å². The molecule has 3 aromatic rings. The molecule has 0 amide bonds. The Kier molecular flexibility index (Phi) is 4.62. The predicted molar refractivity (Wildman–Crippen MR) is 102 cm³/mol. The second-order valence-corrected chi connectivity index (χ2v) is 7.00. The summed E-state index contributed by atoms with van der Waals surface area (Å²) in [7, 11) is 3.51. The normalized spacial score (nSPS) is 16.0. The Morgan fingerprint density at radius 1 is 1.39 bits per heavy atom. The highest BCUT2D eigenvalue weighted by atomic mass is 19.1. The minimum atomic E-state index is -0.908. The Balaban J connectivity index is 1.70. The summed E-state index contributed by atoms with van der Waals surface area (Å²) in [6.45, 7) is -0.125. The molecule has 28 heavy (non-hydrogen) atoms. The van der Waals surface area contributed by atoms with E-state index < -0.39 is 5.97 Å². The van der Waals surface area contributed by atoms with Crippen LogP contribution >= 0.6 is 0 Å². The maximum absolute atomic E-state index is 13.9. The Morgan fingerprint density at radius 2 is 2.14 bits per heavy atom. The van der Waals surface area contributed by atoms with Crippen LogP contribution in [0.1, 0.15) is 17.7 Å². The predicted octanol–water partition coefficient (Wildman–Crippen LogP) is 2.66. The fraction of sp³-hybridized carbons (Fsp3) is 0.350. The summed E-state index contributed by atoms with van der Waals surface area (Å²) in [6.07, 6.45) is 5.47. The lowest BCUT2D eigenvalue weighted by Crippen LogP contribution is -2.37. The summed E-state index contributed by atoms with van der Waals surface area (Å²) in [5, 5.41) is 10.1. The molecule has 0 bridgehead atoms. The Bertz CT molecular complexity index is 1030. The summed E-state index contributed by atoms with van der Waals surface area (Å²) in [4.78, 5) is 22.1. The molecule has 146 valence electrons. The van der Waals surface area contributed by atoms with Crippen molar-refractivity contribution in [3.05, 3.63) is 47.7 Å². The molecule has 0 radical (unpaired) electrons. The number of aromatic nitrogens is 3. The van der Waals surface area contributed by atoms with Gasteiger partial charge in [0.2, 0.25) is 5.95 Å². The molecule has 1 aromatic carbocycles. The number of rotatable bonds is 5. The molecule has 0 spiro atoms. The van der Waals surface area contributed by atoms with Crippen molar-refractivity contribution in [2.45, 2.75) is 31.8 Å². The van der Waals surface area contributed by atoms with Crippen LogP contribution in [0.5, 0.6) is 5.75 Å². The van der Waals surface area contributed by atoms with E-state index in [1.54, 1.807) is 30.1 Å². The number of hydrogen-bond donors (Lipinski definition) is 1. The fourth-order valence-corrected chi connectivity index (χ4v) is 4.01. The number of likely N-dealkylation sites (N-methyl/N-ethyl adjacent to an activating group) is 1. The zero-order valence-corrected chi connectivity index (χ0v) is 15.7. The molecule has 8 heteroatoms. The molecule has 1 unspecified atom stereocenters. The van der Waals surface area contributed by atoms with Gasteiger partial charge >= 0.3 is 5.97 Å². The van der Waals surface area contributed by atoms with Crippen molar-refractivity contribution in [2.75, 3.05) is 19.1 Å². The third-order valence-electron chi connectivity index (χ3n) is 5.41. The van der Waals surface area contributed by atoms with Crippen LogP contribution in [-0.4, -0.2) is 45.8 Å². The van der Waals surface area contributed by atoms with Gasteiger partial charge in [0.1, 0.15) is 12.4 Å². The van der Waals surface area contributed by atoms with Gasteiger partial charge in [-0.05, 0) is 43.0 Å². The molecule has 0 saturated heterocycles. The average molecular weight is 384 g/mol. The van der Waals surface area contributed by atoms with E-state index in [0.717, 1.165) is 28.6 Å². The SMILES string of the molecule is COc1cnc(N(C)C2CCc3c(c4cc(F)ccc4n3CC(=O)O)C2)nc1. The molecule has 7 nitrogen and oxygen atoms in total. The number of ether oxygens (including phenoxy) is 1. The lowest BCUT2D eigenvalue weighted by Gasteiger charge is -2.32. The topological polar surface area (TPSA) is 80.5 Å². The lowest BCUT2D eigenvalue weighted by molar-refractivity contribution is -0.137. The monoisotopic (exact) mass is 384 g/mol. The molecular weight excluding hydrogens is 363 g/mol. The minimum Gasteiger partial charge on any atom is -0.494 e. The lowest BCUT2D eigenvalue weighted by atomic mass is 9.90.